The van der Waals surface area contributed by atoms with E-state index in [1.54, 1.807) is 0 Å². The second kappa shape index (κ2) is 13.4. The Kier molecular flexibility index (Phi) is 7.59. The molecule has 0 amide bonds. The number of hydrogen-bond acceptors (Lipinski definition) is 3. The number of aromatic nitrogens is 2. The van der Waals surface area contributed by atoms with Gasteiger partial charge in [0, 0.05) is 22.3 Å². The first-order valence-corrected chi connectivity index (χ1v) is 21.6. The van der Waals surface area contributed by atoms with Crippen LogP contribution in [0.15, 0.2) is 224 Å². The van der Waals surface area contributed by atoms with Crippen LogP contribution in [0, 0.1) is 0 Å². The van der Waals surface area contributed by atoms with Crippen molar-refractivity contribution in [3.8, 4) is 73.0 Å². The molecule has 0 saturated heterocycles. The molecule has 1 heterocycles. The Hall–Kier alpha value is -8.14. The van der Waals surface area contributed by atoms with E-state index in [1.165, 1.54) is 44.5 Å². The van der Waals surface area contributed by atoms with E-state index in [0.29, 0.717) is 5.82 Å². The Morgan fingerprint density at radius 1 is 0.302 bits per heavy atom. The fourth-order valence-corrected chi connectivity index (χ4v) is 11.6. The fourth-order valence-electron chi connectivity index (χ4n) is 11.6. The number of phenolic OH excluding ortho intramolecular Hbond substituents is 1. The zero-order valence-corrected chi connectivity index (χ0v) is 34.2. The second-order valence-electron chi connectivity index (χ2n) is 16.9. The van der Waals surface area contributed by atoms with Crippen molar-refractivity contribution in [3.63, 3.8) is 0 Å². The van der Waals surface area contributed by atoms with Crippen LogP contribution in [0.5, 0.6) is 5.75 Å². The summed E-state index contributed by atoms with van der Waals surface area (Å²) in [6.07, 6.45) is 0. The summed E-state index contributed by atoms with van der Waals surface area (Å²) in [7, 11) is 0. The zero-order chi connectivity index (χ0) is 41.7. The minimum absolute atomic E-state index is 0.250. The highest BCUT2D eigenvalue weighted by Crippen LogP contribution is 2.69. The van der Waals surface area contributed by atoms with Crippen molar-refractivity contribution in [2.45, 2.75) is 10.8 Å². The lowest BCUT2D eigenvalue weighted by Crippen LogP contribution is -2.44. The first kappa shape index (κ1) is 35.6. The molecular weight excluding hydrogens is 765 g/mol. The summed E-state index contributed by atoms with van der Waals surface area (Å²) in [5, 5.41) is 12.4. The van der Waals surface area contributed by atoms with Gasteiger partial charge >= 0.3 is 0 Å². The number of rotatable bonds is 4. The average Bonchev–Trinajstić information content (AvgIpc) is 3.82. The molecule has 1 N–H and O–H groups in total. The summed E-state index contributed by atoms with van der Waals surface area (Å²) < 4.78 is 0. The minimum Gasteiger partial charge on any atom is -0.507 e. The molecule has 294 valence electrons. The van der Waals surface area contributed by atoms with Crippen molar-refractivity contribution in [3.05, 3.63) is 269 Å². The first-order chi connectivity index (χ1) is 31.2. The Balaban J connectivity index is 1.22. The molecule has 1 aromatic heterocycles. The molecule has 2 spiro atoms. The number of benzene rings is 9. The smallest absolute Gasteiger partial charge is 0.160 e. The number of nitrogens with zero attached hydrogens (tertiary/aromatic N) is 2. The van der Waals surface area contributed by atoms with Gasteiger partial charge in [-0.25, -0.2) is 9.97 Å². The van der Waals surface area contributed by atoms with E-state index >= 15 is 0 Å². The molecule has 0 saturated carbocycles. The van der Waals surface area contributed by atoms with Gasteiger partial charge in [-0.2, -0.15) is 0 Å². The largest absolute Gasteiger partial charge is 0.507 e. The molecule has 3 aliphatic carbocycles. The molecule has 0 radical (unpaired) electrons. The zero-order valence-electron chi connectivity index (χ0n) is 34.2. The standard InChI is InChI=1S/C60H38N2O/c63-54-36-35-44-43-27-18-28-45(53-37-52(38-19-4-1-5-20-38)61-58(62-53)40-23-8-3-9-24-40)56(43)60(57(44)55(54)39-21-6-2-7-22-39)50-33-16-14-31-48(50)59(49-32-15-17-34-51(49)60)46-29-12-10-25-41(46)42-26-11-13-30-47(42)59/h1-37,63H. The van der Waals surface area contributed by atoms with E-state index in [0.717, 1.165) is 61.5 Å². The van der Waals surface area contributed by atoms with Crippen LogP contribution in [0.1, 0.15) is 44.5 Å². The first-order valence-electron chi connectivity index (χ1n) is 21.6. The molecule has 3 heteroatoms. The van der Waals surface area contributed by atoms with E-state index in [2.05, 4.69) is 188 Å². The molecular formula is C60H38N2O. The van der Waals surface area contributed by atoms with Crippen molar-refractivity contribution >= 4 is 0 Å². The van der Waals surface area contributed by atoms with Crippen LogP contribution in [0.2, 0.25) is 0 Å². The normalized spacial score (nSPS) is 14.0. The molecule has 9 aromatic carbocycles. The van der Waals surface area contributed by atoms with Gasteiger partial charge in [-0.1, -0.05) is 212 Å². The van der Waals surface area contributed by atoms with Gasteiger partial charge < -0.3 is 5.11 Å². The van der Waals surface area contributed by atoms with Gasteiger partial charge in [0.15, 0.2) is 5.82 Å². The van der Waals surface area contributed by atoms with Gasteiger partial charge in [0.1, 0.15) is 5.75 Å². The Morgan fingerprint density at radius 2 is 0.730 bits per heavy atom. The molecule has 0 unspecified atom stereocenters. The third-order valence-corrected chi connectivity index (χ3v) is 13.9. The lowest BCUT2D eigenvalue weighted by molar-refractivity contribution is 0.476. The minimum atomic E-state index is -0.902. The quantitative estimate of drug-likeness (QED) is 0.193. The fraction of sp³-hybridized carbons (Fsp3) is 0.0333. The van der Waals surface area contributed by atoms with E-state index in [-0.39, 0.29) is 5.75 Å². The molecule has 0 fully saturated rings. The summed E-state index contributed by atoms with van der Waals surface area (Å²) in [6.45, 7) is 0. The topological polar surface area (TPSA) is 46.0 Å². The van der Waals surface area contributed by atoms with Gasteiger partial charge in [0.25, 0.3) is 0 Å². The van der Waals surface area contributed by atoms with Crippen LogP contribution in [-0.4, -0.2) is 15.1 Å². The van der Waals surface area contributed by atoms with Gasteiger partial charge in [0.2, 0.25) is 0 Å². The van der Waals surface area contributed by atoms with E-state index < -0.39 is 10.8 Å². The summed E-state index contributed by atoms with van der Waals surface area (Å²) in [4.78, 5) is 10.7. The van der Waals surface area contributed by atoms with Crippen LogP contribution in [0.25, 0.3) is 67.3 Å². The highest BCUT2D eigenvalue weighted by atomic mass is 16.3. The number of aromatic hydroxyl groups is 1. The van der Waals surface area contributed by atoms with E-state index in [1.807, 2.05) is 36.4 Å². The van der Waals surface area contributed by atoms with Crippen molar-refractivity contribution in [1.82, 2.24) is 9.97 Å². The van der Waals surface area contributed by atoms with Crippen LogP contribution in [-0.2, 0) is 10.8 Å². The third-order valence-electron chi connectivity index (χ3n) is 13.9. The molecule has 0 bridgehead atoms. The second-order valence-corrected chi connectivity index (χ2v) is 16.9. The van der Waals surface area contributed by atoms with E-state index in [9.17, 15) is 5.11 Å². The number of fused-ring (bicyclic) bond motifs is 16. The van der Waals surface area contributed by atoms with Crippen LogP contribution in [0.4, 0.5) is 0 Å². The summed E-state index contributed by atoms with van der Waals surface area (Å²) in [6, 6.07) is 80.2. The lowest BCUT2D eigenvalue weighted by Gasteiger charge is -2.49. The number of phenols is 1. The monoisotopic (exact) mass is 802 g/mol. The van der Waals surface area contributed by atoms with Gasteiger partial charge in [-0.15, -0.1) is 0 Å². The van der Waals surface area contributed by atoms with Crippen molar-refractivity contribution in [2.24, 2.45) is 0 Å². The maximum absolute atomic E-state index is 12.4. The SMILES string of the molecule is Oc1ccc2c(c1-c1ccccc1)C1(c3ccccc3C3(c4ccccc4-c4ccccc43)c3ccccc31)c1c(-c3cc(-c4ccccc4)nc(-c4ccccc4)n3)cccc1-2. The van der Waals surface area contributed by atoms with E-state index in [4.69, 9.17) is 9.97 Å². The third kappa shape index (κ3) is 4.74. The van der Waals surface area contributed by atoms with Gasteiger partial charge in [-0.05, 0) is 84.5 Å². The molecule has 0 aliphatic heterocycles. The van der Waals surface area contributed by atoms with Crippen LogP contribution >= 0.6 is 0 Å². The van der Waals surface area contributed by atoms with Crippen LogP contribution < -0.4 is 0 Å². The Labute approximate surface area is 366 Å². The molecule has 10 aromatic rings. The highest BCUT2D eigenvalue weighted by molar-refractivity contribution is 6.01. The predicted molar refractivity (Wildman–Crippen MR) is 254 cm³/mol. The summed E-state index contributed by atoms with van der Waals surface area (Å²) >= 11 is 0. The van der Waals surface area contributed by atoms with Crippen molar-refractivity contribution < 1.29 is 5.11 Å². The maximum Gasteiger partial charge on any atom is 0.160 e. The Bertz CT molecular complexity index is 3310. The van der Waals surface area contributed by atoms with Gasteiger partial charge in [-0.3, -0.25) is 0 Å². The maximum atomic E-state index is 12.4. The predicted octanol–water partition coefficient (Wildman–Crippen LogP) is 13.9. The number of hydrogen-bond donors (Lipinski definition) is 1. The van der Waals surface area contributed by atoms with Crippen molar-refractivity contribution in [2.75, 3.05) is 0 Å². The molecule has 63 heavy (non-hydrogen) atoms. The average molecular weight is 803 g/mol. The van der Waals surface area contributed by atoms with Crippen LogP contribution in [0.3, 0.4) is 0 Å². The summed E-state index contributed by atoms with van der Waals surface area (Å²) in [5.41, 5.74) is 19.3. The van der Waals surface area contributed by atoms with Crippen molar-refractivity contribution in [1.29, 1.82) is 0 Å². The Morgan fingerprint density at radius 3 is 1.32 bits per heavy atom. The summed E-state index contributed by atoms with van der Waals surface area (Å²) in [5.74, 6) is 0.916. The van der Waals surface area contributed by atoms with Gasteiger partial charge in [0.05, 0.1) is 22.2 Å². The molecule has 3 nitrogen and oxygen atoms in total. The lowest BCUT2D eigenvalue weighted by atomic mass is 9.51. The molecule has 13 rings (SSSR count). The highest BCUT2D eigenvalue weighted by Gasteiger charge is 2.60. The molecule has 3 aliphatic rings. The molecule has 0 atom stereocenters.